The number of primary sulfonamides is 1. The molecule has 2 amide bonds. The summed E-state index contributed by atoms with van der Waals surface area (Å²) in [6.45, 7) is -3.23. The minimum absolute atomic E-state index is 0.0286. The van der Waals surface area contributed by atoms with Gasteiger partial charge < -0.3 is 15.4 Å². The lowest BCUT2D eigenvalue weighted by molar-refractivity contribution is -0.0493. The van der Waals surface area contributed by atoms with Gasteiger partial charge in [0, 0.05) is 6.54 Å². The summed E-state index contributed by atoms with van der Waals surface area (Å²) in [6, 6.07) is 4.82. The van der Waals surface area contributed by atoms with E-state index >= 15 is 0 Å². The van der Waals surface area contributed by atoms with Crippen LogP contribution in [0.25, 0.3) is 0 Å². The van der Waals surface area contributed by atoms with Crippen LogP contribution in [0.3, 0.4) is 0 Å². The van der Waals surface area contributed by atoms with E-state index in [9.17, 15) is 22.0 Å². The van der Waals surface area contributed by atoms with Crippen LogP contribution < -0.4 is 20.5 Å². The second kappa shape index (κ2) is 7.01. The molecule has 4 N–H and O–H groups in total. The van der Waals surface area contributed by atoms with Crippen molar-refractivity contribution >= 4 is 21.7 Å². The van der Waals surface area contributed by atoms with E-state index in [0.29, 0.717) is 0 Å². The SMILES string of the molecule is NS(=O)(=O)CCNC(=O)Nc1ccccc1OC(F)F. The number of nitrogens with two attached hydrogens (primary N) is 1. The molecule has 0 saturated carbocycles. The summed E-state index contributed by atoms with van der Waals surface area (Å²) in [6.07, 6.45) is 0. The minimum Gasteiger partial charge on any atom is -0.433 e. The second-order valence-corrected chi connectivity index (χ2v) is 5.36. The van der Waals surface area contributed by atoms with E-state index in [4.69, 9.17) is 5.14 Å². The van der Waals surface area contributed by atoms with Crippen molar-refractivity contribution in [3.63, 3.8) is 0 Å². The molecule has 7 nitrogen and oxygen atoms in total. The molecule has 0 aromatic heterocycles. The normalized spacial score (nSPS) is 11.2. The number of alkyl halides is 2. The Morgan fingerprint density at radius 3 is 2.60 bits per heavy atom. The van der Waals surface area contributed by atoms with Crippen LogP contribution in [0.4, 0.5) is 19.3 Å². The van der Waals surface area contributed by atoms with Gasteiger partial charge in [0.25, 0.3) is 0 Å². The van der Waals surface area contributed by atoms with Crippen LogP contribution in [0.2, 0.25) is 0 Å². The van der Waals surface area contributed by atoms with E-state index < -0.39 is 28.4 Å². The number of hydrogen-bond acceptors (Lipinski definition) is 4. The van der Waals surface area contributed by atoms with Gasteiger partial charge in [0.15, 0.2) is 0 Å². The molecule has 112 valence electrons. The van der Waals surface area contributed by atoms with Crippen molar-refractivity contribution in [1.82, 2.24) is 5.32 Å². The number of para-hydroxylation sites is 2. The fourth-order valence-electron chi connectivity index (χ4n) is 1.24. The van der Waals surface area contributed by atoms with Gasteiger partial charge in [-0.25, -0.2) is 18.4 Å². The number of ether oxygens (including phenoxy) is 1. The zero-order valence-corrected chi connectivity index (χ0v) is 11.0. The van der Waals surface area contributed by atoms with Crippen LogP contribution in [0.15, 0.2) is 24.3 Å². The Morgan fingerprint density at radius 1 is 1.35 bits per heavy atom. The first kappa shape index (κ1) is 16.1. The number of anilines is 1. The largest absolute Gasteiger partial charge is 0.433 e. The zero-order valence-electron chi connectivity index (χ0n) is 10.2. The Bertz CT molecular complexity index is 565. The van der Waals surface area contributed by atoms with Gasteiger partial charge in [0.05, 0.1) is 11.4 Å². The maximum Gasteiger partial charge on any atom is 0.387 e. The average molecular weight is 309 g/mol. The molecule has 1 aromatic rings. The van der Waals surface area contributed by atoms with Gasteiger partial charge in [0.1, 0.15) is 5.75 Å². The van der Waals surface area contributed by atoms with Gasteiger partial charge in [-0.15, -0.1) is 0 Å². The quantitative estimate of drug-likeness (QED) is 0.718. The molecular formula is C10H13F2N3O4S. The van der Waals surface area contributed by atoms with Crippen LogP contribution in [0, 0.1) is 0 Å². The third kappa shape index (κ3) is 6.29. The molecule has 0 unspecified atom stereocenters. The molecule has 0 aliphatic rings. The van der Waals surface area contributed by atoms with E-state index in [-0.39, 0.29) is 18.0 Å². The molecule has 0 radical (unpaired) electrons. The van der Waals surface area contributed by atoms with Gasteiger partial charge in [-0.05, 0) is 12.1 Å². The predicted octanol–water partition coefficient (Wildman–Crippen LogP) is 0.698. The highest BCUT2D eigenvalue weighted by atomic mass is 32.2. The fraction of sp³-hybridized carbons (Fsp3) is 0.300. The van der Waals surface area contributed by atoms with Crippen LogP contribution in [0.1, 0.15) is 0 Å². The number of nitrogens with one attached hydrogen (secondary N) is 2. The first-order valence-electron chi connectivity index (χ1n) is 5.37. The fourth-order valence-corrected chi connectivity index (χ4v) is 1.63. The van der Waals surface area contributed by atoms with E-state index in [2.05, 4.69) is 15.4 Å². The molecule has 0 heterocycles. The number of urea groups is 1. The van der Waals surface area contributed by atoms with Gasteiger partial charge in [-0.2, -0.15) is 8.78 Å². The number of carbonyl (C=O) groups is 1. The van der Waals surface area contributed by atoms with Crippen molar-refractivity contribution in [2.75, 3.05) is 17.6 Å². The summed E-state index contributed by atoms with van der Waals surface area (Å²) in [5.41, 5.74) is 0.0286. The number of rotatable bonds is 6. The van der Waals surface area contributed by atoms with E-state index in [1.807, 2.05) is 0 Å². The molecule has 0 atom stereocenters. The highest BCUT2D eigenvalue weighted by Crippen LogP contribution is 2.25. The van der Waals surface area contributed by atoms with Crippen molar-refractivity contribution < 1.29 is 26.7 Å². The van der Waals surface area contributed by atoms with E-state index in [0.717, 1.165) is 0 Å². The maximum atomic E-state index is 12.1. The van der Waals surface area contributed by atoms with Crippen LogP contribution in [-0.2, 0) is 10.0 Å². The Balaban J connectivity index is 2.57. The lowest BCUT2D eigenvalue weighted by atomic mass is 10.3. The lowest BCUT2D eigenvalue weighted by Crippen LogP contribution is -2.34. The molecular weight excluding hydrogens is 296 g/mol. The summed E-state index contributed by atoms with van der Waals surface area (Å²) >= 11 is 0. The highest BCUT2D eigenvalue weighted by molar-refractivity contribution is 7.89. The standard InChI is InChI=1S/C10H13F2N3O4S/c11-9(12)19-8-4-2-1-3-7(8)15-10(16)14-5-6-20(13,17)18/h1-4,9H,5-6H2,(H2,13,17,18)(H2,14,15,16). The third-order valence-corrected chi connectivity index (χ3v) is 2.80. The monoisotopic (exact) mass is 309 g/mol. The molecule has 10 heteroatoms. The number of hydrogen-bond donors (Lipinski definition) is 3. The summed E-state index contributed by atoms with van der Waals surface area (Å²) in [5.74, 6) is -0.639. The molecule has 1 rings (SSSR count). The number of amides is 2. The number of sulfonamides is 1. The Kier molecular flexibility index (Phi) is 5.65. The summed E-state index contributed by atoms with van der Waals surface area (Å²) < 4.78 is 49.8. The summed E-state index contributed by atoms with van der Waals surface area (Å²) in [4.78, 5) is 11.4. The Labute approximate surface area is 114 Å². The molecule has 0 saturated heterocycles. The lowest BCUT2D eigenvalue weighted by Gasteiger charge is -2.12. The third-order valence-electron chi connectivity index (χ3n) is 2.02. The molecule has 0 spiro atoms. The van der Waals surface area contributed by atoms with Crippen LogP contribution in [0.5, 0.6) is 5.75 Å². The number of benzene rings is 1. The van der Waals surface area contributed by atoms with Crippen molar-refractivity contribution in [2.45, 2.75) is 6.61 Å². The van der Waals surface area contributed by atoms with E-state index in [1.165, 1.54) is 24.3 Å². The number of carbonyl (C=O) groups excluding carboxylic acids is 1. The number of halogens is 2. The summed E-state index contributed by atoms with van der Waals surface area (Å²) in [5, 5.41) is 9.22. The predicted molar refractivity (Wildman–Crippen MR) is 68.1 cm³/mol. The first-order valence-corrected chi connectivity index (χ1v) is 7.08. The molecule has 1 aromatic carbocycles. The highest BCUT2D eigenvalue weighted by Gasteiger charge is 2.11. The van der Waals surface area contributed by atoms with Gasteiger partial charge in [-0.1, -0.05) is 12.1 Å². The van der Waals surface area contributed by atoms with Crippen LogP contribution in [-0.4, -0.2) is 33.4 Å². The van der Waals surface area contributed by atoms with Gasteiger partial charge in [0.2, 0.25) is 10.0 Å². The van der Waals surface area contributed by atoms with Crippen LogP contribution >= 0.6 is 0 Å². The second-order valence-electron chi connectivity index (χ2n) is 3.62. The molecule has 0 fully saturated rings. The van der Waals surface area contributed by atoms with Crippen molar-refractivity contribution in [3.05, 3.63) is 24.3 Å². The van der Waals surface area contributed by atoms with Crippen molar-refractivity contribution in [3.8, 4) is 5.75 Å². The van der Waals surface area contributed by atoms with Gasteiger partial charge >= 0.3 is 12.6 Å². The molecule has 0 bridgehead atoms. The Morgan fingerprint density at radius 2 is 2.00 bits per heavy atom. The van der Waals surface area contributed by atoms with E-state index in [1.54, 1.807) is 0 Å². The topological polar surface area (TPSA) is 111 Å². The smallest absolute Gasteiger partial charge is 0.387 e. The minimum atomic E-state index is -3.68. The first-order chi connectivity index (χ1) is 9.28. The zero-order chi connectivity index (χ0) is 15.2. The molecule has 20 heavy (non-hydrogen) atoms. The Hall–Kier alpha value is -1.94. The molecule has 0 aliphatic carbocycles. The summed E-state index contributed by atoms with van der Waals surface area (Å²) in [7, 11) is -3.68. The average Bonchev–Trinajstić information content (AvgIpc) is 2.29. The van der Waals surface area contributed by atoms with Gasteiger partial charge in [-0.3, -0.25) is 0 Å². The maximum absolute atomic E-state index is 12.1. The van der Waals surface area contributed by atoms with Crippen molar-refractivity contribution in [2.24, 2.45) is 5.14 Å². The molecule has 0 aliphatic heterocycles. The van der Waals surface area contributed by atoms with Crippen molar-refractivity contribution in [1.29, 1.82) is 0 Å².